The Labute approximate surface area is 109 Å². The Morgan fingerprint density at radius 1 is 1.24 bits per heavy atom. The first-order valence-electron chi connectivity index (χ1n) is 5.51. The highest BCUT2D eigenvalue weighted by Gasteiger charge is 2.10. The number of nitrogens with zero attached hydrogens (tertiary/aromatic N) is 2. The first-order chi connectivity index (χ1) is 8.00. The molecule has 0 bridgehead atoms. The third kappa shape index (κ3) is 2.28. The van der Waals surface area contributed by atoms with E-state index < -0.39 is 6.10 Å². The van der Waals surface area contributed by atoms with Gasteiger partial charge >= 0.3 is 0 Å². The van der Waals surface area contributed by atoms with E-state index in [-0.39, 0.29) is 0 Å². The molecular formula is C13H15BrN2O. The largest absolute Gasteiger partial charge is 0.389 e. The minimum absolute atomic E-state index is 0.434. The molecule has 0 amide bonds. The van der Waals surface area contributed by atoms with Gasteiger partial charge in [0.05, 0.1) is 27.7 Å². The standard InChI is InChI=1S/C13H15BrN2O/c1-8-13(14)9(2)16(15-8)12-6-4-11(5-7-12)10(3)17/h4-7,10,17H,1-3H3/t10-/m1/s1. The molecule has 0 aliphatic rings. The first kappa shape index (κ1) is 12.3. The zero-order valence-corrected chi connectivity index (χ0v) is 11.7. The van der Waals surface area contributed by atoms with Gasteiger partial charge in [0.2, 0.25) is 0 Å². The molecule has 1 aromatic heterocycles. The van der Waals surface area contributed by atoms with Crippen LogP contribution in [0.15, 0.2) is 28.7 Å². The molecule has 1 N–H and O–H groups in total. The fraction of sp³-hybridized carbons (Fsp3) is 0.308. The van der Waals surface area contributed by atoms with Crippen LogP contribution in [0.2, 0.25) is 0 Å². The summed E-state index contributed by atoms with van der Waals surface area (Å²) in [4.78, 5) is 0. The Balaban J connectivity index is 2.43. The number of hydrogen-bond donors (Lipinski definition) is 1. The lowest BCUT2D eigenvalue weighted by molar-refractivity contribution is 0.199. The summed E-state index contributed by atoms with van der Waals surface area (Å²) in [7, 11) is 0. The lowest BCUT2D eigenvalue weighted by Gasteiger charge is -2.07. The van der Waals surface area contributed by atoms with Crippen molar-refractivity contribution in [2.75, 3.05) is 0 Å². The molecule has 1 aromatic carbocycles. The summed E-state index contributed by atoms with van der Waals surface area (Å²) in [6.45, 7) is 5.75. The van der Waals surface area contributed by atoms with Gasteiger partial charge in [-0.3, -0.25) is 0 Å². The van der Waals surface area contributed by atoms with Crippen molar-refractivity contribution < 1.29 is 5.11 Å². The molecule has 3 nitrogen and oxygen atoms in total. The minimum atomic E-state index is -0.434. The van der Waals surface area contributed by atoms with E-state index in [9.17, 15) is 5.11 Å². The molecule has 0 fully saturated rings. The molecule has 1 heterocycles. The highest BCUT2D eigenvalue weighted by molar-refractivity contribution is 9.10. The Bertz CT molecular complexity index is 529. The quantitative estimate of drug-likeness (QED) is 0.923. The van der Waals surface area contributed by atoms with Gasteiger partial charge in [-0.25, -0.2) is 4.68 Å². The fourth-order valence-electron chi connectivity index (χ4n) is 1.77. The summed E-state index contributed by atoms with van der Waals surface area (Å²) >= 11 is 3.51. The number of aryl methyl sites for hydroxylation is 1. The maximum Gasteiger partial charge on any atom is 0.0761 e. The van der Waals surface area contributed by atoms with Crippen LogP contribution >= 0.6 is 15.9 Å². The third-order valence-electron chi connectivity index (χ3n) is 2.82. The van der Waals surface area contributed by atoms with Crippen LogP contribution < -0.4 is 0 Å². The molecule has 17 heavy (non-hydrogen) atoms. The van der Waals surface area contributed by atoms with Crippen molar-refractivity contribution >= 4 is 15.9 Å². The molecule has 0 aliphatic carbocycles. The number of halogens is 1. The second-order valence-electron chi connectivity index (χ2n) is 4.16. The summed E-state index contributed by atoms with van der Waals surface area (Å²) < 4.78 is 2.93. The highest BCUT2D eigenvalue weighted by Crippen LogP contribution is 2.23. The summed E-state index contributed by atoms with van der Waals surface area (Å²) in [5, 5.41) is 13.9. The minimum Gasteiger partial charge on any atom is -0.389 e. The van der Waals surface area contributed by atoms with Crippen LogP contribution in [0.5, 0.6) is 0 Å². The molecule has 2 rings (SSSR count). The van der Waals surface area contributed by atoms with E-state index in [4.69, 9.17) is 0 Å². The van der Waals surface area contributed by atoms with Crippen molar-refractivity contribution in [3.8, 4) is 5.69 Å². The maximum absolute atomic E-state index is 9.46. The number of benzene rings is 1. The topological polar surface area (TPSA) is 38.0 Å². The second kappa shape index (κ2) is 4.63. The Kier molecular flexibility index (Phi) is 3.35. The lowest BCUT2D eigenvalue weighted by Crippen LogP contribution is -2.00. The molecule has 0 radical (unpaired) electrons. The zero-order chi connectivity index (χ0) is 12.6. The number of aromatic nitrogens is 2. The maximum atomic E-state index is 9.46. The van der Waals surface area contributed by atoms with Gasteiger partial charge in [-0.05, 0) is 54.4 Å². The van der Waals surface area contributed by atoms with E-state index in [1.807, 2.05) is 42.8 Å². The predicted molar refractivity (Wildman–Crippen MR) is 71.4 cm³/mol. The van der Waals surface area contributed by atoms with Crippen molar-refractivity contribution in [2.24, 2.45) is 0 Å². The molecule has 0 spiro atoms. The van der Waals surface area contributed by atoms with E-state index in [2.05, 4.69) is 21.0 Å². The van der Waals surface area contributed by atoms with Crippen molar-refractivity contribution in [3.63, 3.8) is 0 Å². The van der Waals surface area contributed by atoms with Crippen molar-refractivity contribution in [1.82, 2.24) is 9.78 Å². The zero-order valence-electron chi connectivity index (χ0n) is 10.1. The van der Waals surface area contributed by atoms with E-state index in [0.29, 0.717) is 0 Å². The van der Waals surface area contributed by atoms with Crippen LogP contribution in [0, 0.1) is 13.8 Å². The Morgan fingerprint density at radius 3 is 2.24 bits per heavy atom. The summed E-state index contributed by atoms with van der Waals surface area (Å²) in [6.07, 6.45) is -0.434. The fourth-order valence-corrected chi connectivity index (χ4v) is 2.02. The SMILES string of the molecule is Cc1nn(-c2ccc([C@@H](C)O)cc2)c(C)c1Br. The van der Waals surface area contributed by atoms with E-state index in [1.165, 1.54) is 0 Å². The second-order valence-corrected chi connectivity index (χ2v) is 4.96. The van der Waals surface area contributed by atoms with Crippen LogP contribution in [0.3, 0.4) is 0 Å². The monoisotopic (exact) mass is 294 g/mol. The summed E-state index contributed by atoms with van der Waals surface area (Å²) in [6, 6.07) is 7.77. The third-order valence-corrected chi connectivity index (χ3v) is 3.97. The molecule has 2 aromatic rings. The van der Waals surface area contributed by atoms with E-state index in [1.54, 1.807) is 6.92 Å². The number of aliphatic hydroxyl groups is 1. The van der Waals surface area contributed by atoms with Gasteiger partial charge in [0.15, 0.2) is 0 Å². The van der Waals surface area contributed by atoms with Crippen molar-refractivity contribution in [1.29, 1.82) is 0 Å². The van der Waals surface area contributed by atoms with Crippen LogP contribution in [0.1, 0.15) is 30.0 Å². The molecular weight excluding hydrogens is 280 g/mol. The molecule has 4 heteroatoms. The number of hydrogen-bond acceptors (Lipinski definition) is 2. The van der Waals surface area contributed by atoms with Crippen LogP contribution in [-0.4, -0.2) is 14.9 Å². The molecule has 0 saturated carbocycles. The Morgan fingerprint density at radius 2 is 1.82 bits per heavy atom. The smallest absolute Gasteiger partial charge is 0.0761 e. The van der Waals surface area contributed by atoms with E-state index in [0.717, 1.165) is 27.1 Å². The molecule has 0 saturated heterocycles. The highest BCUT2D eigenvalue weighted by atomic mass is 79.9. The van der Waals surface area contributed by atoms with Gasteiger partial charge < -0.3 is 5.11 Å². The van der Waals surface area contributed by atoms with Crippen molar-refractivity contribution in [2.45, 2.75) is 26.9 Å². The average Bonchev–Trinajstić information content (AvgIpc) is 2.57. The van der Waals surface area contributed by atoms with Gasteiger partial charge in [0.1, 0.15) is 0 Å². The molecule has 0 unspecified atom stereocenters. The molecule has 1 atom stereocenters. The lowest BCUT2D eigenvalue weighted by atomic mass is 10.1. The Hall–Kier alpha value is -1.13. The average molecular weight is 295 g/mol. The van der Waals surface area contributed by atoms with Crippen LogP contribution in [0.25, 0.3) is 5.69 Å². The van der Waals surface area contributed by atoms with Gasteiger partial charge in [0, 0.05) is 0 Å². The van der Waals surface area contributed by atoms with Crippen LogP contribution in [-0.2, 0) is 0 Å². The summed E-state index contributed by atoms with van der Waals surface area (Å²) in [5.74, 6) is 0. The predicted octanol–water partition coefficient (Wildman–Crippen LogP) is 3.30. The molecule has 0 aliphatic heterocycles. The number of aliphatic hydroxyl groups excluding tert-OH is 1. The van der Waals surface area contributed by atoms with Crippen molar-refractivity contribution in [3.05, 3.63) is 45.7 Å². The number of rotatable bonds is 2. The van der Waals surface area contributed by atoms with Crippen LogP contribution in [0.4, 0.5) is 0 Å². The summed E-state index contributed by atoms with van der Waals surface area (Å²) in [5.41, 5.74) is 3.96. The first-order valence-corrected chi connectivity index (χ1v) is 6.30. The normalized spacial score (nSPS) is 12.8. The van der Waals surface area contributed by atoms with Gasteiger partial charge in [-0.2, -0.15) is 5.10 Å². The van der Waals surface area contributed by atoms with E-state index >= 15 is 0 Å². The molecule has 90 valence electrons. The van der Waals surface area contributed by atoms with Gasteiger partial charge in [0.25, 0.3) is 0 Å². The van der Waals surface area contributed by atoms with Gasteiger partial charge in [-0.1, -0.05) is 12.1 Å². The van der Waals surface area contributed by atoms with Gasteiger partial charge in [-0.15, -0.1) is 0 Å².